The van der Waals surface area contributed by atoms with Crippen molar-refractivity contribution in [2.24, 2.45) is 11.7 Å². The number of amides is 2. The number of carboxylic acids is 1. The second-order valence-electron chi connectivity index (χ2n) is 4.74. The minimum absolute atomic E-state index is 0.00813. The lowest BCUT2D eigenvalue weighted by Gasteiger charge is -2.31. The maximum absolute atomic E-state index is 11.7. The SMILES string of the molecule is NC(=O)CC1CCN(C(=O)CCCC(=O)O)CC1. The highest BCUT2D eigenvalue weighted by molar-refractivity contribution is 5.77. The maximum atomic E-state index is 11.7. The minimum Gasteiger partial charge on any atom is -0.481 e. The van der Waals surface area contributed by atoms with Crippen LogP contribution in [0, 0.1) is 5.92 Å². The van der Waals surface area contributed by atoms with Gasteiger partial charge in [-0.05, 0) is 25.2 Å². The number of nitrogens with zero attached hydrogens (tertiary/aromatic N) is 1. The average molecular weight is 256 g/mol. The minimum atomic E-state index is -0.872. The van der Waals surface area contributed by atoms with Gasteiger partial charge in [-0.15, -0.1) is 0 Å². The fraction of sp³-hybridized carbons (Fsp3) is 0.750. The van der Waals surface area contributed by atoms with E-state index in [1.807, 2.05) is 0 Å². The number of carbonyl (C=O) groups excluding carboxylic acids is 2. The van der Waals surface area contributed by atoms with Crippen molar-refractivity contribution in [2.75, 3.05) is 13.1 Å². The quantitative estimate of drug-likeness (QED) is 0.716. The lowest BCUT2D eigenvalue weighted by molar-refractivity contribution is -0.137. The zero-order valence-electron chi connectivity index (χ0n) is 10.4. The number of hydrogen-bond donors (Lipinski definition) is 2. The van der Waals surface area contributed by atoms with E-state index < -0.39 is 5.97 Å². The Morgan fingerprint density at radius 1 is 1.17 bits per heavy atom. The molecule has 0 aromatic carbocycles. The summed E-state index contributed by atoms with van der Waals surface area (Å²) in [5.74, 6) is -0.872. The van der Waals surface area contributed by atoms with Crippen molar-refractivity contribution < 1.29 is 19.5 Å². The third kappa shape index (κ3) is 5.16. The zero-order valence-corrected chi connectivity index (χ0v) is 10.4. The van der Waals surface area contributed by atoms with Gasteiger partial charge in [-0.1, -0.05) is 0 Å². The molecule has 1 fully saturated rings. The van der Waals surface area contributed by atoms with Crippen molar-refractivity contribution in [3.8, 4) is 0 Å². The first kappa shape index (κ1) is 14.5. The Morgan fingerprint density at radius 2 is 1.78 bits per heavy atom. The van der Waals surface area contributed by atoms with Crippen LogP contribution in [0.2, 0.25) is 0 Å². The molecule has 0 aromatic rings. The highest BCUT2D eigenvalue weighted by Gasteiger charge is 2.23. The first-order valence-corrected chi connectivity index (χ1v) is 6.27. The summed E-state index contributed by atoms with van der Waals surface area (Å²) in [4.78, 5) is 34.6. The van der Waals surface area contributed by atoms with Crippen LogP contribution in [0.25, 0.3) is 0 Å². The number of carboxylic acid groups (broad SMARTS) is 1. The van der Waals surface area contributed by atoms with Gasteiger partial charge < -0.3 is 15.7 Å². The molecule has 18 heavy (non-hydrogen) atoms. The highest BCUT2D eigenvalue weighted by atomic mass is 16.4. The fourth-order valence-corrected chi connectivity index (χ4v) is 2.22. The molecule has 6 heteroatoms. The van der Waals surface area contributed by atoms with E-state index in [0.29, 0.717) is 25.9 Å². The third-order valence-electron chi connectivity index (χ3n) is 3.24. The summed E-state index contributed by atoms with van der Waals surface area (Å²) in [5, 5.41) is 8.49. The molecule has 102 valence electrons. The van der Waals surface area contributed by atoms with Crippen LogP contribution in [0.1, 0.15) is 38.5 Å². The van der Waals surface area contributed by atoms with Gasteiger partial charge in [-0.25, -0.2) is 0 Å². The number of carbonyl (C=O) groups is 3. The van der Waals surface area contributed by atoms with Crippen molar-refractivity contribution in [1.29, 1.82) is 0 Å². The predicted octanol–water partition coefficient (Wildman–Crippen LogP) is 0.355. The van der Waals surface area contributed by atoms with E-state index in [9.17, 15) is 14.4 Å². The molecule has 0 spiro atoms. The fourth-order valence-electron chi connectivity index (χ4n) is 2.22. The number of primary amides is 1. The molecule has 1 rings (SSSR count). The number of aliphatic carboxylic acids is 1. The molecule has 6 nitrogen and oxygen atoms in total. The lowest BCUT2D eigenvalue weighted by Crippen LogP contribution is -2.39. The van der Waals surface area contributed by atoms with Gasteiger partial charge in [0.2, 0.25) is 11.8 Å². The van der Waals surface area contributed by atoms with Gasteiger partial charge in [0.25, 0.3) is 0 Å². The number of nitrogens with two attached hydrogens (primary N) is 1. The van der Waals surface area contributed by atoms with Crippen LogP contribution in [0.4, 0.5) is 0 Å². The molecule has 2 amide bonds. The standard InChI is InChI=1S/C12H20N2O4/c13-10(15)8-9-4-6-14(7-5-9)11(16)2-1-3-12(17)18/h9H,1-8H2,(H2,13,15)(H,17,18). The zero-order chi connectivity index (χ0) is 13.5. The molecule has 1 heterocycles. The Labute approximate surface area is 106 Å². The van der Waals surface area contributed by atoms with E-state index in [1.165, 1.54) is 0 Å². The number of rotatable bonds is 6. The molecule has 0 aromatic heterocycles. The summed E-state index contributed by atoms with van der Waals surface area (Å²) in [7, 11) is 0. The van der Waals surface area contributed by atoms with Gasteiger partial charge in [0.15, 0.2) is 0 Å². The molecular formula is C12H20N2O4. The van der Waals surface area contributed by atoms with Gasteiger partial charge in [0.1, 0.15) is 0 Å². The van der Waals surface area contributed by atoms with Crippen LogP contribution in [0.15, 0.2) is 0 Å². The first-order chi connectivity index (χ1) is 8.49. The predicted molar refractivity (Wildman–Crippen MR) is 64.6 cm³/mol. The Kier molecular flexibility index (Phi) is 5.61. The Hall–Kier alpha value is -1.59. The molecule has 3 N–H and O–H groups in total. The maximum Gasteiger partial charge on any atom is 0.303 e. The van der Waals surface area contributed by atoms with Crippen LogP contribution >= 0.6 is 0 Å². The summed E-state index contributed by atoms with van der Waals surface area (Å²) in [6, 6.07) is 0. The molecule has 0 aliphatic carbocycles. The second-order valence-corrected chi connectivity index (χ2v) is 4.74. The molecule has 0 unspecified atom stereocenters. The molecule has 1 aliphatic heterocycles. The second kappa shape index (κ2) is 6.98. The molecule has 0 radical (unpaired) electrons. The van der Waals surface area contributed by atoms with Crippen molar-refractivity contribution in [2.45, 2.75) is 38.5 Å². The van der Waals surface area contributed by atoms with Crippen molar-refractivity contribution in [1.82, 2.24) is 4.90 Å². The van der Waals surface area contributed by atoms with E-state index in [-0.39, 0.29) is 30.6 Å². The average Bonchev–Trinajstić information content (AvgIpc) is 2.28. The highest BCUT2D eigenvalue weighted by Crippen LogP contribution is 2.20. The molecule has 0 atom stereocenters. The van der Waals surface area contributed by atoms with E-state index in [4.69, 9.17) is 10.8 Å². The van der Waals surface area contributed by atoms with Gasteiger partial charge in [0.05, 0.1) is 0 Å². The third-order valence-corrected chi connectivity index (χ3v) is 3.24. The van der Waals surface area contributed by atoms with Gasteiger partial charge >= 0.3 is 5.97 Å². The Morgan fingerprint density at radius 3 is 2.28 bits per heavy atom. The van der Waals surface area contributed by atoms with Crippen molar-refractivity contribution in [3.63, 3.8) is 0 Å². The van der Waals surface area contributed by atoms with Gasteiger partial charge in [-0.3, -0.25) is 14.4 Å². The van der Waals surface area contributed by atoms with E-state index in [0.717, 1.165) is 12.8 Å². The van der Waals surface area contributed by atoms with Gasteiger partial charge in [-0.2, -0.15) is 0 Å². The molecule has 1 aliphatic rings. The number of likely N-dealkylation sites (tertiary alicyclic amines) is 1. The van der Waals surface area contributed by atoms with Crippen LogP contribution < -0.4 is 5.73 Å². The summed E-state index contributed by atoms with van der Waals surface area (Å²) in [5.41, 5.74) is 5.14. The molecule has 0 saturated carbocycles. The van der Waals surface area contributed by atoms with E-state index in [2.05, 4.69) is 0 Å². The summed E-state index contributed by atoms with van der Waals surface area (Å²) in [6.07, 6.45) is 2.69. The van der Waals surface area contributed by atoms with Crippen LogP contribution in [0.3, 0.4) is 0 Å². The van der Waals surface area contributed by atoms with E-state index in [1.54, 1.807) is 4.90 Å². The van der Waals surface area contributed by atoms with Crippen LogP contribution in [-0.2, 0) is 14.4 Å². The molecule has 1 saturated heterocycles. The smallest absolute Gasteiger partial charge is 0.303 e. The monoisotopic (exact) mass is 256 g/mol. The van der Waals surface area contributed by atoms with Crippen molar-refractivity contribution in [3.05, 3.63) is 0 Å². The largest absolute Gasteiger partial charge is 0.481 e. The number of hydrogen-bond acceptors (Lipinski definition) is 3. The lowest BCUT2D eigenvalue weighted by atomic mass is 9.93. The summed E-state index contributed by atoms with van der Waals surface area (Å²) in [6.45, 7) is 1.29. The van der Waals surface area contributed by atoms with Crippen molar-refractivity contribution >= 4 is 17.8 Å². The summed E-state index contributed by atoms with van der Waals surface area (Å²) >= 11 is 0. The first-order valence-electron chi connectivity index (χ1n) is 6.27. The normalized spacial score (nSPS) is 16.6. The molecule has 0 bridgehead atoms. The van der Waals surface area contributed by atoms with Crippen LogP contribution in [-0.4, -0.2) is 40.9 Å². The molecular weight excluding hydrogens is 236 g/mol. The Balaban J connectivity index is 2.23. The van der Waals surface area contributed by atoms with Crippen LogP contribution in [0.5, 0.6) is 0 Å². The number of piperidine rings is 1. The topological polar surface area (TPSA) is 101 Å². The Bertz CT molecular complexity index is 322. The van der Waals surface area contributed by atoms with Gasteiger partial charge in [0, 0.05) is 32.4 Å². The van der Waals surface area contributed by atoms with E-state index >= 15 is 0 Å². The summed E-state index contributed by atoms with van der Waals surface area (Å²) < 4.78 is 0.